The zero-order valence-electron chi connectivity index (χ0n) is 1.52. The fourth-order valence-corrected chi connectivity index (χ4v) is 0. The third-order valence-electron chi connectivity index (χ3n) is 0. The summed E-state index contributed by atoms with van der Waals surface area (Å²) in [6.45, 7) is 2.00. The van der Waals surface area contributed by atoms with Crippen LogP contribution in [0.1, 0.15) is 7.43 Å². The maximum atomic E-state index is 8.00. The number of carbonyl (C=O) groups is 1. The molecule has 0 radical (unpaired) electrons. The third-order valence-corrected chi connectivity index (χ3v) is 0. The molecule has 0 N–H and O–H groups in total. The van der Waals surface area contributed by atoms with Gasteiger partial charge in [0.15, 0.2) is 0 Å². The van der Waals surface area contributed by atoms with E-state index in [2.05, 4.69) is 0 Å². The molecule has 0 bridgehead atoms. The summed E-state index contributed by atoms with van der Waals surface area (Å²) in [5, 5.41) is 0. The molecule has 0 heterocycles. The summed E-state index contributed by atoms with van der Waals surface area (Å²) in [4.78, 5) is 8.00. The van der Waals surface area contributed by atoms with E-state index in [0.717, 1.165) is 0 Å². The number of rotatable bonds is 0. The molecule has 0 fully saturated rings. The van der Waals surface area contributed by atoms with Gasteiger partial charge in [0.1, 0.15) is 6.79 Å². The molecule has 0 spiro atoms. The van der Waals surface area contributed by atoms with Gasteiger partial charge >= 0.3 is 0 Å². The van der Waals surface area contributed by atoms with Crippen LogP contribution in [0.4, 0.5) is 0 Å². The average Bonchev–Trinajstić information content (AvgIpc) is 1.00. The normalized spacial score (nSPS) is 1.00. The van der Waals surface area contributed by atoms with E-state index < -0.39 is 0 Å². The molecule has 4 heavy (non-hydrogen) atoms. The van der Waals surface area contributed by atoms with Crippen molar-refractivity contribution in [3.05, 3.63) is 0 Å². The molecule has 0 rings (SSSR count). The van der Waals surface area contributed by atoms with Crippen LogP contribution in [-0.2, 0) is 25.9 Å². The van der Waals surface area contributed by atoms with E-state index >= 15 is 0 Å². The summed E-state index contributed by atoms with van der Waals surface area (Å²) in [7, 11) is 0. The van der Waals surface area contributed by atoms with Crippen molar-refractivity contribution < 1.29 is 25.9 Å². The van der Waals surface area contributed by atoms with Gasteiger partial charge in [0.25, 0.3) is 0 Å². The number of hydrogen-bond acceptors (Lipinski definition) is 1. The Morgan fingerprint density at radius 2 is 1.25 bits per heavy atom. The van der Waals surface area contributed by atoms with Gasteiger partial charge in [-0.3, -0.25) is 0 Å². The van der Waals surface area contributed by atoms with Crippen molar-refractivity contribution in [3.63, 3.8) is 0 Å². The molecule has 1 nitrogen and oxygen atoms in total. The van der Waals surface area contributed by atoms with Crippen molar-refractivity contribution in [2.75, 3.05) is 0 Å². The predicted octanol–water partition coefficient (Wildman–Crippen LogP) is 0.449. The molecule has 0 unspecified atom stereocenters. The third kappa shape index (κ3) is 33.9. The van der Waals surface area contributed by atoms with Crippen LogP contribution in [0.2, 0.25) is 0 Å². The zero-order valence-corrected chi connectivity index (χ0v) is 3.53. The standard InChI is InChI=1S/CH2O.CH4.Mo/c1-2;;/h1H2;1H4;. The van der Waals surface area contributed by atoms with E-state index in [1.165, 1.54) is 0 Å². The molecular weight excluding hydrogens is 136 g/mol. The Bertz CT molecular complexity index is 6.00. The van der Waals surface area contributed by atoms with E-state index in [4.69, 9.17) is 4.79 Å². The zero-order chi connectivity index (χ0) is 2.00. The minimum absolute atomic E-state index is 0. The second-order valence-electron chi connectivity index (χ2n) is 0. The van der Waals surface area contributed by atoms with Crippen molar-refractivity contribution in [2.45, 2.75) is 7.43 Å². The van der Waals surface area contributed by atoms with Gasteiger partial charge in [0.2, 0.25) is 0 Å². The van der Waals surface area contributed by atoms with Gasteiger partial charge in [-0.2, -0.15) is 0 Å². The van der Waals surface area contributed by atoms with Crippen molar-refractivity contribution in [3.8, 4) is 0 Å². The van der Waals surface area contributed by atoms with Crippen molar-refractivity contribution in [1.82, 2.24) is 0 Å². The van der Waals surface area contributed by atoms with Crippen LogP contribution in [-0.4, -0.2) is 6.79 Å². The first-order chi connectivity index (χ1) is 1.00. The smallest absolute Gasteiger partial charge is 0.106 e. The van der Waals surface area contributed by atoms with Gasteiger partial charge in [0, 0.05) is 21.1 Å². The van der Waals surface area contributed by atoms with Gasteiger partial charge in [-0.25, -0.2) is 0 Å². The van der Waals surface area contributed by atoms with Crippen LogP contribution in [0.5, 0.6) is 0 Å². The summed E-state index contributed by atoms with van der Waals surface area (Å²) in [6.07, 6.45) is 0. The first kappa shape index (κ1) is 26.6. The molecular formula is C2H6MoO. The van der Waals surface area contributed by atoms with E-state index in [1.807, 2.05) is 6.79 Å². The van der Waals surface area contributed by atoms with Crippen LogP contribution in [0.25, 0.3) is 0 Å². The minimum atomic E-state index is 0. The van der Waals surface area contributed by atoms with E-state index in [1.54, 1.807) is 0 Å². The Morgan fingerprint density at radius 3 is 1.25 bits per heavy atom. The Labute approximate surface area is 40.7 Å². The van der Waals surface area contributed by atoms with Crippen LogP contribution in [0.15, 0.2) is 0 Å². The number of carbonyl (C=O) groups excluding carboxylic acids is 1. The quantitative estimate of drug-likeness (QED) is 0.448. The summed E-state index contributed by atoms with van der Waals surface area (Å²) in [5.41, 5.74) is 0. The Balaban J connectivity index is -0.00000000500. The van der Waals surface area contributed by atoms with Crippen LogP contribution in [0.3, 0.4) is 0 Å². The molecule has 0 aliphatic rings. The largest absolute Gasteiger partial charge is 0.307 e. The second-order valence-corrected chi connectivity index (χ2v) is 0. The topological polar surface area (TPSA) is 17.1 Å². The average molecular weight is 142 g/mol. The first-order valence-electron chi connectivity index (χ1n) is 0.289. The van der Waals surface area contributed by atoms with E-state index in [9.17, 15) is 0 Å². The Hall–Kier alpha value is 0.358. The molecule has 0 aliphatic heterocycles. The fourth-order valence-electron chi connectivity index (χ4n) is 0. The SMILES string of the molecule is C.C=O.[Mo]. The van der Waals surface area contributed by atoms with E-state index in [-0.39, 0.29) is 28.5 Å². The summed E-state index contributed by atoms with van der Waals surface area (Å²) in [5.74, 6) is 0. The molecule has 0 saturated heterocycles. The van der Waals surface area contributed by atoms with E-state index in [0.29, 0.717) is 0 Å². The molecule has 26 valence electrons. The summed E-state index contributed by atoms with van der Waals surface area (Å²) in [6, 6.07) is 0. The van der Waals surface area contributed by atoms with Gasteiger partial charge < -0.3 is 4.79 Å². The monoisotopic (exact) mass is 144 g/mol. The maximum Gasteiger partial charge on any atom is 0.106 e. The van der Waals surface area contributed by atoms with Crippen LogP contribution < -0.4 is 0 Å². The molecule has 0 aromatic carbocycles. The molecule has 0 atom stereocenters. The van der Waals surface area contributed by atoms with Gasteiger partial charge in [-0.1, -0.05) is 7.43 Å². The summed E-state index contributed by atoms with van der Waals surface area (Å²) >= 11 is 0. The van der Waals surface area contributed by atoms with Crippen molar-refractivity contribution in [1.29, 1.82) is 0 Å². The molecule has 2 heteroatoms. The van der Waals surface area contributed by atoms with Crippen molar-refractivity contribution in [2.24, 2.45) is 0 Å². The summed E-state index contributed by atoms with van der Waals surface area (Å²) < 4.78 is 0. The molecule has 0 amide bonds. The van der Waals surface area contributed by atoms with Crippen molar-refractivity contribution >= 4 is 6.79 Å². The minimum Gasteiger partial charge on any atom is -0.307 e. The molecule has 0 aromatic rings. The Morgan fingerprint density at radius 1 is 1.25 bits per heavy atom. The van der Waals surface area contributed by atoms with Crippen LogP contribution >= 0.6 is 0 Å². The molecule has 0 aromatic heterocycles. The molecule has 0 saturated carbocycles. The Kier molecular flexibility index (Phi) is 969. The van der Waals surface area contributed by atoms with Gasteiger partial charge in [-0.05, 0) is 0 Å². The molecule has 0 aliphatic carbocycles. The second kappa shape index (κ2) is 145. The fraction of sp³-hybridized carbons (Fsp3) is 0.500. The maximum absolute atomic E-state index is 8.00. The van der Waals surface area contributed by atoms with Gasteiger partial charge in [0.05, 0.1) is 0 Å². The predicted molar refractivity (Wildman–Crippen MR) is 13.9 cm³/mol. The van der Waals surface area contributed by atoms with Crippen LogP contribution in [0, 0.1) is 0 Å². The first-order valence-corrected chi connectivity index (χ1v) is 0.289. The van der Waals surface area contributed by atoms with Gasteiger partial charge in [-0.15, -0.1) is 0 Å². The number of hydrogen-bond donors (Lipinski definition) is 0.